The van der Waals surface area contributed by atoms with E-state index in [1.54, 1.807) is 18.2 Å². The number of aryl methyl sites for hydroxylation is 3. The Morgan fingerprint density at radius 2 is 1.64 bits per heavy atom. The molecule has 0 spiro atoms. The Kier molecular flexibility index (Phi) is 14.3. The number of piperazine rings is 1. The summed E-state index contributed by atoms with van der Waals surface area (Å²) in [5.74, 6) is -1.07. The van der Waals surface area contributed by atoms with Crippen molar-refractivity contribution in [2.45, 2.75) is 111 Å². The largest absolute Gasteiger partial charge is 0.493 e. The minimum absolute atomic E-state index is 0.0735. The third kappa shape index (κ3) is 10.1. The molecule has 1 unspecified atom stereocenters. The van der Waals surface area contributed by atoms with E-state index in [2.05, 4.69) is 68.2 Å². The summed E-state index contributed by atoms with van der Waals surface area (Å²) < 4.78 is 8.26. The number of imide groups is 2. The van der Waals surface area contributed by atoms with Gasteiger partial charge in [0.25, 0.3) is 23.3 Å². The van der Waals surface area contributed by atoms with Crippen molar-refractivity contribution < 1.29 is 28.7 Å². The molecule has 2 fully saturated rings. The number of carbonyl (C=O) groups is 5. The van der Waals surface area contributed by atoms with E-state index in [0.717, 1.165) is 127 Å². The second kappa shape index (κ2) is 20.5. The highest BCUT2D eigenvalue weighted by Crippen LogP contribution is 2.36. The number of nitrogens with zero attached hydrogens (tertiary/aromatic N) is 5. The van der Waals surface area contributed by atoms with E-state index in [1.807, 2.05) is 39.1 Å². The maximum absolute atomic E-state index is 14.0. The molecule has 3 aliphatic heterocycles. The summed E-state index contributed by atoms with van der Waals surface area (Å²) in [6.45, 7) is 15.5. The SMILES string of the molecule is CC[C@H](C)n1cc(C)c2c(C(=O)NCc3c(C)cc(C)[nH]c3=O)cc(-c3ccc(N4CCN(CCCCCCCCOc5cccc6c5C(=O)N(C5CCC(=O)NC5=O)C6=O)CC4)nc3)cc21. The summed E-state index contributed by atoms with van der Waals surface area (Å²) in [4.78, 5) is 90.8. The number of piperidine rings is 1. The number of aromatic nitrogens is 3. The van der Waals surface area contributed by atoms with Crippen LogP contribution in [0.15, 0.2) is 65.7 Å². The fourth-order valence-corrected chi connectivity index (χ4v) is 9.74. The molecule has 352 valence electrons. The van der Waals surface area contributed by atoms with Crippen LogP contribution in [0.2, 0.25) is 0 Å². The van der Waals surface area contributed by atoms with E-state index in [0.29, 0.717) is 23.5 Å². The van der Waals surface area contributed by atoms with Crippen molar-refractivity contribution in [2.24, 2.45) is 0 Å². The lowest BCUT2D eigenvalue weighted by atomic mass is 9.98. The highest BCUT2D eigenvalue weighted by Gasteiger charge is 2.46. The van der Waals surface area contributed by atoms with Crippen LogP contribution >= 0.6 is 0 Å². The Hall–Kier alpha value is -6.61. The predicted octanol–water partition coefficient (Wildman–Crippen LogP) is 7.16. The second-order valence-corrected chi connectivity index (χ2v) is 18.3. The Balaban J connectivity index is 0.785. The van der Waals surface area contributed by atoms with Gasteiger partial charge in [-0.05, 0) is 119 Å². The first-order valence-electron chi connectivity index (χ1n) is 23.9. The summed E-state index contributed by atoms with van der Waals surface area (Å²) >= 11 is 0. The summed E-state index contributed by atoms with van der Waals surface area (Å²) in [5.41, 5.74) is 6.85. The van der Waals surface area contributed by atoms with Crippen LogP contribution in [0.1, 0.15) is 131 Å². The van der Waals surface area contributed by atoms with Gasteiger partial charge in [-0.25, -0.2) is 4.98 Å². The van der Waals surface area contributed by atoms with Gasteiger partial charge in [0.05, 0.1) is 17.7 Å². The van der Waals surface area contributed by atoms with Crippen molar-refractivity contribution >= 4 is 46.3 Å². The first kappa shape index (κ1) is 46.9. The molecular formula is C52H62N8O7. The van der Waals surface area contributed by atoms with Crippen molar-refractivity contribution in [2.75, 3.05) is 44.2 Å². The first-order valence-corrected chi connectivity index (χ1v) is 23.9. The van der Waals surface area contributed by atoms with Crippen LogP contribution in [0.25, 0.3) is 22.0 Å². The summed E-state index contributed by atoms with van der Waals surface area (Å²) in [6.07, 6.45) is 11.5. The molecule has 67 heavy (non-hydrogen) atoms. The van der Waals surface area contributed by atoms with Crippen molar-refractivity contribution in [3.05, 3.63) is 110 Å². The van der Waals surface area contributed by atoms with Gasteiger partial charge in [0, 0.05) is 90.9 Å². The highest BCUT2D eigenvalue weighted by atomic mass is 16.5. The van der Waals surface area contributed by atoms with Crippen LogP contribution in [0.4, 0.5) is 5.82 Å². The van der Waals surface area contributed by atoms with Crippen LogP contribution in [-0.2, 0) is 16.1 Å². The number of aromatic amines is 1. The van der Waals surface area contributed by atoms with E-state index in [4.69, 9.17) is 9.72 Å². The van der Waals surface area contributed by atoms with Crippen LogP contribution < -0.4 is 25.8 Å². The Labute approximate surface area is 391 Å². The van der Waals surface area contributed by atoms with Gasteiger partial charge in [-0.15, -0.1) is 0 Å². The van der Waals surface area contributed by atoms with Gasteiger partial charge < -0.3 is 24.5 Å². The molecular weight excluding hydrogens is 849 g/mol. The van der Waals surface area contributed by atoms with Crippen molar-refractivity contribution in [3.8, 4) is 16.9 Å². The van der Waals surface area contributed by atoms with Gasteiger partial charge in [0.2, 0.25) is 11.8 Å². The normalized spacial score (nSPS) is 17.0. The quantitative estimate of drug-likeness (QED) is 0.0604. The summed E-state index contributed by atoms with van der Waals surface area (Å²) in [6, 6.07) is 14.4. The number of rotatable bonds is 18. The molecule has 3 N–H and O–H groups in total. The fraction of sp³-hybridized carbons (Fsp3) is 0.442. The zero-order valence-electron chi connectivity index (χ0n) is 39.3. The molecule has 2 aromatic carbocycles. The number of amides is 5. The Morgan fingerprint density at radius 3 is 2.36 bits per heavy atom. The molecule has 5 amide bonds. The molecule has 3 aliphatic rings. The molecule has 5 aromatic rings. The topological polar surface area (TPSA) is 179 Å². The number of carbonyl (C=O) groups excluding carboxylic acids is 5. The molecule has 0 saturated carbocycles. The number of hydrogen-bond acceptors (Lipinski definition) is 10. The maximum atomic E-state index is 14.0. The minimum Gasteiger partial charge on any atom is -0.493 e. The average Bonchev–Trinajstić information content (AvgIpc) is 3.79. The summed E-state index contributed by atoms with van der Waals surface area (Å²) in [5, 5.41) is 6.19. The van der Waals surface area contributed by atoms with Gasteiger partial charge >= 0.3 is 0 Å². The molecule has 6 heterocycles. The van der Waals surface area contributed by atoms with Crippen molar-refractivity contribution in [1.29, 1.82) is 0 Å². The van der Waals surface area contributed by atoms with Gasteiger partial charge in [-0.1, -0.05) is 38.7 Å². The van der Waals surface area contributed by atoms with E-state index < -0.39 is 29.7 Å². The molecule has 0 aliphatic carbocycles. The third-order valence-electron chi connectivity index (χ3n) is 13.7. The van der Waals surface area contributed by atoms with Crippen LogP contribution in [0.3, 0.4) is 0 Å². The number of unbranched alkanes of at least 4 members (excludes halogenated alkanes) is 5. The van der Waals surface area contributed by atoms with Crippen LogP contribution in [0, 0.1) is 20.8 Å². The highest BCUT2D eigenvalue weighted by molar-refractivity contribution is 6.24. The fourth-order valence-electron chi connectivity index (χ4n) is 9.74. The summed E-state index contributed by atoms with van der Waals surface area (Å²) in [7, 11) is 0. The van der Waals surface area contributed by atoms with E-state index in [1.165, 1.54) is 0 Å². The van der Waals surface area contributed by atoms with Crippen molar-refractivity contribution in [3.63, 3.8) is 0 Å². The zero-order chi connectivity index (χ0) is 47.4. The number of benzene rings is 2. The monoisotopic (exact) mass is 910 g/mol. The van der Waals surface area contributed by atoms with E-state index >= 15 is 0 Å². The standard InChI is InChI=1S/C52H62N8O7/c1-6-35(5)59-31-33(3)46-39(48(62)54-30-40-32(2)26-34(4)55-49(40)63)27-37(28-42(46)59)36-16-18-44(53-29-36)58-23-21-57(22-24-58)20-11-9-7-8-10-12-25-67-43-15-13-14-38-47(43)52(66)60(51(38)65)41-17-19-45(61)56-50(41)64/h13-16,18,26-29,31,35,41H,6-12,17,19-25,30H2,1-5H3,(H,54,62)(H,55,63)(H,56,61,64)/t35-,41?/m0/s1. The van der Waals surface area contributed by atoms with Crippen molar-refractivity contribution in [1.82, 2.24) is 35.0 Å². The van der Waals surface area contributed by atoms with Gasteiger partial charge in [-0.3, -0.25) is 43.9 Å². The number of nitrogens with one attached hydrogen (secondary N) is 3. The smallest absolute Gasteiger partial charge is 0.266 e. The molecule has 15 nitrogen and oxygen atoms in total. The third-order valence-corrected chi connectivity index (χ3v) is 13.7. The zero-order valence-corrected chi connectivity index (χ0v) is 39.3. The van der Waals surface area contributed by atoms with Crippen LogP contribution in [-0.4, -0.2) is 99.2 Å². The van der Waals surface area contributed by atoms with Gasteiger partial charge in [-0.2, -0.15) is 0 Å². The first-order chi connectivity index (χ1) is 32.3. The lowest BCUT2D eigenvalue weighted by molar-refractivity contribution is -0.136. The predicted molar refractivity (Wildman–Crippen MR) is 258 cm³/mol. The molecule has 0 radical (unpaired) electrons. The molecule has 8 rings (SSSR count). The molecule has 0 bridgehead atoms. The Bertz CT molecular complexity index is 2750. The molecule has 15 heteroatoms. The van der Waals surface area contributed by atoms with E-state index in [9.17, 15) is 28.8 Å². The van der Waals surface area contributed by atoms with E-state index in [-0.39, 0.29) is 48.0 Å². The molecule has 2 atom stereocenters. The number of anilines is 1. The second-order valence-electron chi connectivity index (χ2n) is 18.3. The number of H-pyrrole nitrogens is 1. The van der Waals surface area contributed by atoms with Gasteiger partial charge in [0.1, 0.15) is 17.6 Å². The lowest BCUT2D eigenvalue weighted by Gasteiger charge is -2.35. The number of fused-ring (bicyclic) bond motifs is 2. The minimum atomic E-state index is -1.01. The maximum Gasteiger partial charge on any atom is 0.266 e. The average molecular weight is 911 g/mol. The molecule has 2 saturated heterocycles. The molecule has 3 aromatic heterocycles. The Morgan fingerprint density at radius 1 is 0.881 bits per heavy atom. The number of hydrogen-bond donors (Lipinski definition) is 3. The van der Waals surface area contributed by atoms with Crippen LogP contribution in [0.5, 0.6) is 5.75 Å². The lowest BCUT2D eigenvalue weighted by Crippen LogP contribution is -2.54. The van der Waals surface area contributed by atoms with Gasteiger partial charge in [0.15, 0.2) is 0 Å². The number of pyridine rings is 2. The number of ether oxygens (including phenoxy) is 1.